The summed E-state index contributed by atoms with van der Waals surface area (Å²) in [5.41, 5.74) is 3.09. The third kappa shape index (κ3) is 8.60. The van der Waals surface area contributed by atoms with Crippen LogP contribution in [0, 0.1) is 6.92 Å². The van der Waals surface area contributed by atoms with Gasteiger partial charge in [0.1, 0.15) is 10.7 Å². The van der Waals surface area contributed by atoms with Gasteiger partial charge < -0.3 is 10.6 Å². The summed E-state index contributed by atoms with van der Waals surface area (Å²) in [6.07, 6.45) is 1.66. The lowest BCUT2D eigenvalue weighted by molar-refractivity contribution is -0.115. The third-order valence-corrected chi connectivity index (χ3v) is 7.86. The standard InChI is InChI=1S/C31H31N5O3S2/c1-19(2)23-12-10-22(11-13-23)18-27(33-29(38)24-8-6-5-7-9-24)30(39)32-25-14-16-26(17-15-25)40-20(3)28(37)34-31-36-35-21(4)41-31/h5-20H,1-4H3,(H,32,39)(H,33,38)(H,34,36,37)/b27-18-. The molecule has 0 aliphatic heterocycles. The van der Waals surface area contributed by atoms with E-state index in [0.717, 1.165) is 15.5 Å². The number of amides is 3. The second kappa shape index (κ2) is 13.9. The number of hydrogen-bond acceptors (Lipinski definition) is 7. The molecule has 0 radical (unpaired) electrons. The Labute approximate surface area is 247 Å². The number of nitrogens with one attached hydrogen (secondary N) is 3. The second-order valence-corrected chi connectivity index (χ2v) is 12.1. The van der Waals surface area contributed by atoms with Crippen molar-refractivity contribution in [3.63, 3.8) is 0 Å². The van der Waals surface area contributed by atoms with E-state index in [-0.39, 0.29) is 22.8 Å². The van der Waals surface area contributed by atoms with Crippen LogP contribution in [0.5, 0.6) is 0 Å². The van der Waals surface area contributed by atoms with Gasteiger partial charge in [-0.05, 0) is 73.4 Å². The van der Waals surface area contributed by atoms with Gasteiger partial charge in [-0.3, -0.25) is 19.7 Å². The molecule has 0 spiro atoms. The number of nitrogens with zero attached hydrogens (tertiary/aromatic N) is 2. The van der Waals surface area contributed by atoms with E-state index in [2.05, 4.69) is 40.0 Å². The van der Waals surface area contributed by atoms with Crippen LogP contribution in [0.4, 0.5) is 10.8 Å². The summed E-state index contributed by atoms with van der Waals surface area (Å²) in [6.45, 7) is 7.86. The average molecular weight is 586 g/mol. The first-order valence-electron chi connectivity index (χ1n) is 13.0. The van der Waals surface area contributed by atoms with Crippen molar-refractivity contribution in [1.82, 2.24) is 15.5 Å². The molecule has 4 aromatic rings. The number of carbonyl (C=O) groups excluding carboxylic acids is 3. The van der Waals surface area contributed by atoms with Crippen molar-refractivity contribution in [2.24, 2.45) is 0 Å². The summed E-state index contributed by atoms with van der Waals surface area (Å²) in [7, 11) is 0. The van der Waals surface area contributed by atoms with E-state index in [1.807, 2.05) is 56.3 Å². The fraction of sp³-hybridized carbons (Fsp3) is 0.194. The highest BCUT2D eigenvalue weighted by molar-refractivity contribution is 8.00. The predicted molar refractivity (Wildman–Crippen MR) is 166 cm³/mol. The topological polar surface area (TPSA) is 113 Å². The van der Waals surface area contributed by atoms with Gasteiger partial charge in [0.15, 0.2) is 0 Å². The van der Waals surface area contributed by atoms with Gasteiger partial charge >= 0.3 is 0 Å². The Kier molecular flexibility index (Phi) is 10.0. The minimum absolute atomic E-state index is 0.117. The Hall–Kier alpha value is -4.28. The number of hydrogen-bond donors (Lipinski definition) is 3. The first kappa shape index (κ1) is 29.7. The predicted octanol–water partition coefficient (Wildman–Crippen LogP) is 6.50. The number of rotatable bonds is 10. The molecule has 10 heteroatoms. The zero-order chi connectivity index (χ0) is 29.4. The number of aromatic nitrogens is 2. The van der Waals surface area contributed by atoms with Crippen LogP contribution < -0.4 is 16.0 Å². The van der Waals surface area contributed by atoms with Crippen molar-refractivity contribution in [1.29, 1.82) is 0 Å². The highest BCUT2D eigenvalue weighted by atomic mass is 32.2. The minimum Gasteiger partial charge on any atom is -0.321 e. The molecule has 1 heterocycles. The lowest BCUT2D eigenvalue weighted by atomic mass is 10.0. The maximum Gasteiger partial charge on any atom is 0.272 e. The van der Waals surface area contributed by atoms with E-state index < -0.39 is 5.91 Å². The summed E-state index contributed by atoms with van der Waals surface area (Å²) in [6, 6.07) is 23.8. The van der Waals surface area contributed by atoms with Gasteiger partial charge in [0.05, 0.1) is 5.25 Å². The minimum atomic E-state index is -0.456. The van der Waals surface area contributed by atoms with Crippen LogP contribution in [-0.2, 0) is 9.59 Å². The molecule has 1 unspecified atom stereocenters. The van der Waals surface area contributed by atoms with E-state index in [0.29, 0.717) is 22.3 Å². The Bertz CT molecular complexity index is 1530. The molecule has 1 aromatic heterocycles. The lowest BCUT2D eigenvalue weighted by Gasteiger charge is -2.13. The summed E-state index contributed by atoms with van der Waals surface area (Å²) >= 11 is 2.71. The third-order valence-electron chi connectivity index (χ3n) is 5.99. The monoisotopic (exact) mass is 585 g/mol. The van der Waals surface area contributed by atoms with E-state index in [9.17, 15) is 14.4 Å². The number of benzene rings is 3. The van der Waals surface area contributed by atoms with E-state index in [1.165, 1.54) is 28.7 Å². The van der Waals surface area contributed by atoms with Crippen LogP contribution in [0.1, 0.15) is 53.2 Å². The van der Waals surface area contributed by atoms with Crippen molar-refractivity contribution >= 4 is 57.7 Å². The Balaban J connectivity index is 1.45. The zero-order valence-electron chi connectivity index (χ0n) is 23.2. The van der Waals surface area contributed by atoms with Crippen molar-refractivity contribution in [2.75, 3.05) is 10.6 Å². The Morgan fingerprint density at radius 1 is 0.854 bits per heavy atom. The van der Waals surface area contributed by atoms with E-state index in [1.54, 1.807) is 42.5 Å². The molecule has 210 valence electrons. The fourth-order valence-corrected chi connectivity index (χ4v) is 5.18. The van der Waals surface area contributed by atoms with Crippen LogP contribution in [0.15, 0.2) is 89.5 Å². The van der Waals surface area contributed by atoms with Crippen molar-refractivity contribution < 1.29 is 14.4 Å². The van der Waals surface area contributed by atoms with Crippen LogP contribution in [0.2, 0.25) is 0 Å². The van der Waals surface area contributed by atoms with Crippen molar-refractivity contribution in [2.45, 2.75) is 43.8 Å². The summed E-state index contributed by atoms with van der Waals surface area (Å²) in [5, 5.41) is 17.1. The molecule has 0 saturated heterocycles. The Morgan fingerprint density at radius 3 is 2.15 bits per heavy atom. The molecule has 8 nitrogen and oxygen atoms in total. The van der Waals surface area contributed by atoms with Gasteiger partial charge in [0.2, 0.25) is 11.0 Å². The summed E-state index contributed by atoms with van der Waals surface area (Å²) in [4.78, 5) is 39.6. The summed E-state index contributed by atoms with van der Waals surface area (Å²) < 4.78 is 0. The molecule has 0 bridgehead atoms. The number of anilines is 2. The maximum atomic E-state index is 13.3. The van der Waals surface area contributed by atoms with Gasteiger partial charge in [-0.25, -0.2) is 0 Å². The number of thioether (sulfide) groups is 1. The SMILES string of the molecule is Cc1nnc(NC(=O)C(C)Sc2ccc(NC(=O)/C(=C/c3ccc(C(C)C)cc3)NC(=O)c3ccccc3)cc2)s1. The lowest BCUT2D eigenvalue weighted by Crippen LogP contribution is -2.30. The highest BCUT2D eigenvalue weighted by Crippen LogP contribution is 2.26. The fourth-order valence-electron chi connectivity index (χ4n) is 3.71. The van der Waals surface area contributed by atoms with Gasteiger partial charge in [0, 0.05) is 16.1 Å². The smallest absolute Gasteiger partial charge is 0.272 e. The number of carbonyl (C=O) groups is 3. The Morgan fingerprint density at radius 2 is 1.54 bits per heavy atom. The molecule has 1 atom stereocenters. The van der Waals surface area contributed by atoms with Crippen LogP contribution in [-0.4, -0.2) is 33.2 Å². The first-order chi connectivity index (χ1) is 19.7. The molecule has 3 N–H and O–H groups in total. The van der Waals surface area contributed by atoms with Crippen LogP contribution >= 0.6 is 23.1 Å². The van der Waals surface area contributed by atoms with Crippen LogP contribution in [0.3, 0.4) is 0 Å². The van der Waals surface area contributed by atoms with E-state index >= 15 is 0 Å². The van der Waals surface area contributed by atoms with Gasteiger partial charge in [-0.1, -0.05) is 67.6 Å². The molecule has 4 rings (SSSR count). The average Bonchev–Trinajstić information content (AvgIpc) is 3.38. The molecule has 3 amide bonds. The molecule has 0 aliphatic rings. The van der Waals surface area contributed by atoms with Gasteiger partial charge in [-0.2, -0.15) is 0 Å². The van der Waals surface area contributed by atoms with Gasteiger partial charge in [-0.15, -0.1) is 22.0 Å². The first-order valence-corrected chi connectivity index (χ1v) is 14.7. The normalized spacial score (nSPS) is 12.1. The number of aryl methyl sites for hydroxylation is 1. The van der Waals surface area contributed by atoms with Crippen LogP contribution in [0.25, 0.3) is 6.08 Å². The van der Waals surface area contributed by atoms with Gasteiger partial charge in [0.25, 0.3) is 11.8 Å². The second-order valence-electron chi connectivity index (χ2n) is 9.55. The molecule has 0 fully saturated rings. The molecule has 41 heavy (non-hydrogen) atoms. The zero-order valence-corrected chi connectivity index (χ0v) is 24.8. The van der Waals surface area contributed by atoms with Crippen molar-refractivity contribution in [3.8, 4) is 0 Å². The summed E-state index contributed by atoms with van der Waals surface area (Å²) in [5.74, 6) is -0.628. The largest absolute Gasteiger partial charge is 0.321 e. The molecule has 0 saturated carbocycles. The molecular weight excluding hydrogens is 555 g/mol. The molecule has 0 aliphatic carbocycles. The maximum absolute atomic E-state index is 13.3. The highest BCUT2D eigenvalue weighted by Gasteiger charge is 2.18. The quantitative estimate of drug-likeness (QED) is 0.145. The molecule has 3 aromatic carbocycles. The molecular formula is C31H31N5O3S2. The van der Waals surface area contributed by atoms with Crippen molar-refractivity contribution in [3.05, 3.63) is 106 Å². The van der Waals surface area contributed by atoms with E-state index in [4.69, 9.17) is 0 Å².